The van der Waals surface area contributed by atoms with Gasteiger partial charge in [0.1, 0.15) is 11.4 Å². The maximum absolute atomic E-state index is 12.4. The van der Waals surface area contributed by atoms with Gasteiger partial charge < -0.3 is 19.7 Å². The van der Waals surface area contributed by atoms with Crippen LogP contribution in [0.3, 0.4) is 0 Å². The Morgan fingerprint density at radius 2 is 1.88 bits per heavy atom. The number of halogens is 1. The number of nitrogens with zero attached hydrogens (tertiary/aromatic N) is 1. The van der Waals surface area contributed by atoms with Crippen LogP contribution in [-0.4, -0.2) is 22.8 Å². The van der Waals surface area contributed by atoms with Gasteiger partial charge in [-0.3, -0.25) is 0 Å². The number of carbonyl (C=O) groups is 1. The third kappa shape index (κ3) is 4.87. The number of aromatic nitrogens is 1. The van der Waals surface area contributed by atoms with Gasteiger partial charge in [-0.1, -0.05) is 71.0 Å². The fourth-order valence-corrected chi connectivity index (χ4v) is 4.52. The Morgan fingerprint density at radius 1 is 1.12 bits per heavy atom. The Labute approximate surface area is 201 Å². The van der Waals surface area contributed by atoms with Crippen LogP contribution < -0.4 is 10.1 Å². The molecule has 3 aromatic carbocycles. The van der Waals surface area contributed by atoms with Gasteiger partial charge in [-0.15, -0.1) is 0 Å². The molecule has 1 heterocycles. The summed E-state index contributed by atoms with van der Waals surface area (Å²) in [7, 11) is 1.64. The quantitative estimate of drug-likeness (QED) is 0.289. The van der Waals surface area contributed by atoms with E-state index in [-0.39, 0.29) is 0 Å². The number of rotatable bonds is 9. The van der Waals surface area contributed by atoms with Gasteiger partial charge in [-0.05, 0) is 35.4 Å². The maximum atomic E-state index is 12.4. The molecule has 6 heteroatoms. The van der Waals surface area contributed by atoms with Crippen LogP contribution >= 0.6 is 15.9 Å². The molecule has 0 saturated carbocycles. The summed E-state index contributed by atoms with van der Waals surface area (Å²) in [5.41, 5.74) is 5.03. The smallest absolute Gasteiger partial charge is 0.352 e. The molecule has 2 N–H and O–H groups in total. The van der Waals surface area contributed by atoms with Gasteiger partial charge >= 0.3 is 5.97 Å². The van der Waals surface area contributed by atoms with Crippen LogP contribution in [0.1, 0.15) is 32.7 Å². The number of benzene rings is 3. The first-order chi connectivity index (χ1) is 16.0. The molecule has 0 bridgehead atoms. The average Bonchev–Trinajstić information content (AvgIpc) is 3.13. The molecular weight excluding hydrogens is 480 g/mol. The fraction of sp³-hybridized carbons (Fsp3) is 0.148. The molecule has 33 heavy (non-hydrogen) atoms. The van der Waals surface area contributed by atoms with Crippen LogP contribution in [0.4, 0.5) is 0 Å². The first kappa shape index (κ1) is 22.8. The number of aromatic carboxylic acids is 1. The maximum Gasteiger partial charge on any atom is 0.352 e. The molecule has 4 aromatic rings. The van der Waals surface area contributed by atoms with E-state index < -0.39 is 5.97 Å². The van der Waals surface area contributed by atoms with Crippen LogP contribution in [0, 0.1) is 0 Å². The van der Waals surface area contributed by atoms with Crippen molar-refractivity contribution in [2.24, 2.45) is 0 Å². The lowest BCUT2D eigenvalue weighted by Gasteiger charge is -2.12. The molecule has 5 nitrogen and oxygen atoms in total. The number of para-hydroxylation sites is 1. The van der Waals surface area contributed by atoms with Gasteiger partial charge in [0.15, 0.2) is 0 Å². The van der Waals surface area contributed by atoms with Gasteiger partial charge in [0.25, 0.3) is 0 Å². The van der Waals surface area contributed by atoms with E-state index in [4.69, 9.17) is 4.74 Å². The van der Waals surface area contributed by atoms with Gasteiger partial charge in [0, 0.05) is 46.1 Å². The number of hydrogen-bond donors (Lipinski definition) is 2. The van der Waals surface area contributed by atoms with Crippen molar-refractivity contribution >= 4 is 38.9 Å². The minimum absolute atomic E-state index is 0.303. The van der Waals surface area contributed by atoms with Crippen molar-refractivity contribution in [1.82, 2.24) is 9.88 Å². The van der Waals surface area contributed by atoms with E-state index in [9.17, 15) is 9.90 Å². The highest BCUT2D eigenvalue weighted by Gasteiger charge is 2.22. The minimum atomic E-state index is -0.939. The van der Waals surface area contributed by atoms with E-state index in [1.165, 1.54) is 0 Å². The third-order valence-corrected chi connectivity index (χ3v) is 6.19. The van der Waals surface area contributed by atoms with Gasteiger partial charge in [-0.2, -0.15) is 0 Å². The lowest BCUT2D eigenvalue weighted by atomic mass is 10.1. The molecule has 0 atom stereocenters. The summed E-state index contributed by atoms with van der Waals surface area (Å²) >= 11 is 3.50. The van der Waals surface area contributed by atoms with Crippen molar-refractivity contribution in [3.05, 3.63) is 106 Å². The lowest BCUT2D eigenvalue weighted by Crippen LogP contribution is -2.17. The molecule has 1 aromatic heterocycles. The van der Waals surface area contributed by atoms with Gasteiger partial charge in [0.05, 0.1) is 7.11 Å². The van der Waals surface area contributed by atoms with Crippen molar-refractivity contribution in [3.63, 3.8) is 0 Å². The number of carboxylic acid groups (broad SMARTS) is 1. The molecule has 0 saturated heterocycles. The number of methoxy groups -OCH3 is 1. The highest BCUT2D eigenvalue weighted by Crippen LogP contribution is 2.28. The van der Waals surface area contributed by atoms with Crippen LogP contribution in [-0.2, 0) is 19.6 Å². The second-order valence-corrected chi connectivity index (χ2v) is 8.66. The van der Waals surface area contributed by atoms with Gasteiger partial charge in [-0.25, -0.2) is 4.79 Å². The van der Waals surface area contributed by atoms with Crippen molar-refractivity contribution in [1.29, 1.82) is 0 Å². The Morgan fingerprint density at radius 3 is 2.58 bits per heavy atom. The highest BCUT2D eigenvalue weighted by atomic mass is 79.9. The molecule has 0 aliphatic carbocycles. The molecule has 0 spiro atoms. The van der Waals surface area contributed by atoms with Crippen LogP contribution in [0.25, 0.3) is 17.0 Å². The second kappa shape index (κ2) is 10.1. The molecule has 0 unspecified atom stereocenters. The molecule has 168 valence electrons. The van der Waals surface area contributed by atoms with Crippen molar-refractivity contribution in [2.45, 2.75) is 19.6 Å². The van der Waals surface area contributed by atoms with E-state index in [1.807, 2.05) is 71.3 Å². The minimum Gasteiger partial charge on any atom is -0.496 e. The topological polar surface area (TPSA) is 63.5 Å². The summed E-state index contributed by atoms with van der Waals surface area (Å²) < 4.78 is 8.31. The van der Waals surface area contributed by atoms with E-state index in [2.05, 4.69) is 27.8 Å². The van der Waals surface area contributed by atoms with E-state index >= 15 is 0 Å². The van der Waals surface area contributed by atoms with Crippen LogP contribution in [0.15, 0.2) is 77.8 Å². The Bertz CT molecular complexity index is 1310. The lowest BCUT2D eigenvalue weighted by molar-refractivity contribution is 0.0684. The zero-order valence-corrected chi connectivity index (χ0v) is 19.9. The summed E-state index contributed by atoms with van der Waals surface area (Å²) in [5, 5.41) is 14.5. The second-order valence-electron chi connectivity index (χ2n) is 7.74. The Hall–Kier alpha value is -3.35. The normalized spacial score (nSPS) is 11.0. The number of fused-ring (bicyclic) bond motifs is 1. The Kier molecular flexibility index (Phi) is 6.96. The zero-order valence-electron chi connectivity index (χ0n) is 18.3. The number of carboxylic acids is 1. The van der Waals surface area contributed by atoms with E-state index in [0.29, 0.717) is 25.3 Å². The molecule has 0 radical (unpaired) electrons. The summed E-state index contributed by atoms with van der Waals surface area (Å²) in [6, 6.07) is 21.7. The fourth-order valence-electron chi connectivity index (χ4n) is 4.11. The zero-order chi connectivity index (χ0) is 23.4. The number of nitrogens with one attached hydrogen (secondary N) is 1. The van der Waals surface area contributed by atoms with Crippen LogP contribution in [0.5, 0.6) is 5.75 Å². The van der Waals surface area contributed by atoms with Crippen molar-refractivity contribution < 1.29 is 14.6 Å². The Balaban J connectivity index is 1.68. The molecular formula is C27H25BrN2O3. The largest absolute Gasteiger partial charge is 0.496 e. The molecule has 4 rings (SSSR count). The molecule has 0 fully saturated rings. The van der Waals surface area contributed by atoms with Crippen LogP contribution in [0.2, 0.25) is 0 Å². The molecule has 0 amide bonds. The summed E-state index contributed by atoms with van der Waals surface area (Å²) in [6.45, 7) is 5.23. The first-order valence-corrected chi connectivity index (χ1v) is 11.4. The SMILES string of the molecule is C=Cc1ccc(Cn2c(C(=O)O)c(CNCc3cc(Br)ccc3OC)c3ccccc32)cc1. The number of hydrogen-bond acceptors (Lipinski definition) is 3. The first-order valence-electron chi connectivity index (χ1n) is 10.6. The highest BCUT2D eigenvalue weighted by molar-refractivity contribution is 9.10. The van der Waals surface area contributed by atoms with Crippen molar-refractivity contribution in [2.75, 3.05) is 7.11 Å². The summed E-state index contributed by atoms with van der Waals surface area (Å²) in [6.07, 6.45) is 1.79. The average molecular weight is 505 g/mol. The van der Waals surface area contributed by atoms with Crippen molar-refractivity contribution in [3.8, 4) is 5.75 Å². The van der Waals surface area contributed by atoms with E-state index in [1.54, 1.807) is 13.2 Å². The standard InChI is InChI=1S/C27H25BrN2O3/c1-3-18-8-10-19(11-9-18)17-30-24-7-5-4-6-22(24)23(26(30)27(31)32)16-29-15-20-14-21(28)12-13-25(20)33-2/h3-14,29H,1,15-17H2,2H3,(H,31,32). The number of ether oxygens (including phenoxy) is 1. The monoisotopic (exact) mass is 504 g/mol. The predicted octanol–water partition coefficient (Wildman–Crippen LogP) is 6.09. The van der Waals surface area contributed by atoms with Gasteiger partial charge in [0.2, 0.25) is 0 Å². The molecule has 0 aliphatic rings. The summed E-state index contributed by atoms with van der Waals surface area (Å²) in [4.78, 5) is 12.4. The molecule has 0 aliphatic heterocycles. The predicted molar refractivity (Wildman–Crippen MR) is 136 cm³/mol. The third-order valence-electron chi connectivity index (χ3n) is 5.69. The summed E-state index contributed by atoms with van der Waals surface area (Å²) in [5.74, 6) is -0.152. The van der Waals surface area contributed by atoms with E-state index in [0.717, 1.165) is 43.4 Å².